The summed E-state index contributed by atoms with van der Waals surface area (Å²) in [6.07, 6.45) is 53.9. The minimum atomic E-state index is -0.807. The second-order valence-electron chi connectivity index (χ2n) is 15.5. The maximum atomic E-state index is 13.1. The summed E-state index contributed by atoms with van der Waals surface area (Å²) in [7, 11) is 0. The van der Waals surface area contributed by atoms with Gasteiger partial charge in [0.15, 0.2) is 0 Å². The molecule has 6 heteroatoms. The quantitative estimate of drug-likeness (QED) is 0.0249. The van der Waals surface area contributed by atoms with Gasteiger partial charge >= 0.3 is 5.97 Å². The van der Waals surface area contributed by atoms with Crippen LogP contribution in [0.25, 0.3) is 0 Å². The average Bonchev–Trinajstić information content (AvgIpc) is 3.19. The number of hydrogen-bond donors (Lipinski definition) is 3. The fourth-order valence-electron chi connectivity index (χ4n) is 6.64. The first-order valence-corrected chi connectivity index (χ1v) is 23.2. The maximum absolute atomic E-state index is 13.1. The molecule has 0 rings (SSSR count). The van der Waals surface area contributed by atoms with Crippen LogP contribution in [-0.2, 0) is 14.3 Å². The first kappa shape index (κ1) is 53.3. The second-order valence-corrected chi connectivity index (χ2v) is 15.5. The highest BCUT2D eigenvalue weighted by Gasteiger charge is 2.23. The van der Waals surface area contributed by atoms with Gasteiger partial charge in [-0.15, -0.1) is 0 Å². The normalized spacial score (nSPS) is 14.0. The van der Waals surface area contributed by atoms with Crippen LogP contribution in [0.15, 0.2) is 72.9 Å². The molecule has 0 aliphatic rings. The molecule has 3 atom stereocenters. The largest absolute Gasteiger partial charge is 0.462 e. The minimum Gasteiger partial charge on any atom is -0.462 e. The Morgan fingerprint density at radius 2 is 1.00 bits per heavy atom. The van der Waals surface area contributed by atoms with E-state index in [1.165, 1.54) is 103 Å². The van der Waals surface area contributed by atoms with Gasteiger partial charge in [0.25, 0.3) is 0 Å². The minimum absolute atomic E-state index is 0.0254. The molecule has 56 heavy (non-hydrogen) atoms. The summed E-state index contributed by atoms with van der Waals surface area (Å²) in [5, 5.41) is 23.6. The number of ether oxygens (including phenoxy) is 1. The van der Waals surface area contributed by atoms with Gasteiger partial charge < -0.3 is 20.3 Å². The van der Waals surface area contributed by atoms with E-state index >= 15 is 0 Å². The van der Waals surface area contributed by atoms with Gasteiger partial charge in [0, 0.05) is 6.42 Å². The summed E-state index contributed by atoms with van der Waals surface area (Å²) < 4.78 is 5.85. The number of amides is 1. The molecule has 0 aliphatic heterocycles. The first-order chi connectivity index (χ1) is 27.5. The lowest BCUT2D eigenvalue weighted by Gasteiger charge is -2.24. The molecule has 0 spiro atoms. The van der Waals surface area contributed by atoms with Gasteiger partial charge in [0.1, 0.15) is 6.10 Å². The van der Waals surface area contributed by atoms with Crippen LogP contribution < -0.4 is 5.32 Å². The molecule has 1 amide bonds. The highest BCUT2D eigenvalue weighted by Crippen LogP contribution is 2.16. The number of allylic oxidation sites excluding steroid dienone is 12. The van der Waals surface area contributed by atoms with Crippen LogP contribution in [0.2, 0.25) is 0 Å². The van der Waals surface area contributed by atoms with Gasteiger partial charge in [0.2, 0.25) is 5.91 Å². The molecule has 322 valence electrons. The number of rotatable bonds is 40. The number of carbonyl (C=O) groups is 2. The van der Waals surface area contributed by atoms with E-state index in [2.05, 4.69) is 44.3 Å². The first-order valence-electron chi connectivity index (χ1n) is 23.2. The Kier molecular flexibility index (Phi) is 41.3. The molecule has 0 aliphatic carbocycles. The number of unbranched alkanes of at least 4 members (excludes halogenated alkanes) is 20. The fourth-order valence-corrected chi connectivity index (χ4v) is 6.64. The van der Waals surface area contributed by atoms with Crippen molar-refractivity contribution >= 4 is 11.9 Å². The van der Waals surface area contributed by atoms with E-state index in [1.807, 2.05) is 54.7 Å². The molecule has 0 aromatic heterocycles. The van der Waals surface area contributed by atoms with Crippen LogP contribution in [0.4, 0.5) is 0 Å². The number of nitrogens with one attached hydrogen (secondary N) is 1. The van der Waals surface area contributed by atoms with Crippen molar-refractivity contribution in [1.82, 2.24) is 5.32 Å². The van der Waals surface area contributed by atoms with Crippen molar-refractivity contribution < 1.29 is 24.5 Å². The number of aliphatic hydroxyl groups excluding tert-OH is 2. The van der Waals surface area contributed by atoms with E-state index in [0.717, 1.165) is 51.4 Å². The zero-order valence-electron chi connectivity index (χ0n) is 36.5. The zero-order chi connectivity index (χ0) is 41.0. The highest BCUT2D eigenvalue weighted by molar-refractivity contribution is 5.77. The lowest BCUT2D eigenvalue weighted by Crippen LogP contribution is -2.46. The molecule has 0 heterocycles. The Labute approximate surface area is 345 Å². The van der Waals surface area contributed by atoms with Crippen molar-refractivity contribution in [2.75, 3.05) is 6.61 Å². The predicted octanol–water partition coefficient (Wildman–Crippen LogP) is 13.4. The van der Waals surface area contributed by atoms with Crippen molar-refractivity contribution in [3.8, 4) is 0 Å². The third-order valence-corrected chi connectivity index (χ3v) is 10.1. The Morgan fingerprint density at radius 3 is 1.54 bits per heavy atom. The van der Waals surface area contributed by atoms with Gasteiger partial charge in [-0.1, -0.05) is 209 Å². The van der Waals surface area contributed by atoms with Crippen molar-refractivity contribution in [3.63, 3.8) is 0 Å². The van der Waals surface area contributed by atoms with Crippen LogP contribution in [0.1, 0.15) is 207 Å². The fraction of sp³-hybridized carbons (Fsp3) is 0.720. The maximum Gasteiger partial charge on any atom is 0.306 e. The monoisotopic (exact) mass is 782 g/mol. The van der Waals surface area contributed by atoms with Crippen LogP contribution in [-0.4, -0.2) is 46.9 Å². The molecule has 3 unspecified atom stereocenters. The highest BCUT2D eigenvalue weighted by atomic mass is 16.5. The smallest absolute Gasteiger partial charge is 0.306 e. The number of aliphatic hydroxyl groups is 2. The van der Waals surface area contributed by atoms with Gasteiger partial charge in [-0.3, -0.25) is 9.59 Å². The van der Waals surface area contributed by atoms with Gasteiger partial charge in [-0.25, -0.2) is 0 Å². The molecule has 0 saturated heterocycles. The van der Waals surface area contributed by atoms with E-state index in [0.29, 0.717) is 19.3 Å². The van der Waals surface area contributed by atoms with Crippen LogP contribution >= 0.6 is 0 Å². The molecule has 0 saturated carbocycles. The number of carbonyl (C=O) groups excluding carboxylic acids is 2. The van der Waals surface area contributed by atoms with E-state index in [9.17, 15) is 19.8 Å². The topological polar surface area (TPSA) is 95.9 Å². The third kappa shape index (κ3) is 38.2. The molecular formula is C50H87NO5. The second kappa shape index (κ2) is 43.4. The van der Waals surface area contributed by atoms with Crippen LogP contribution in [0.3, 0.4) is 0 Å². The van der Waals surface area contributed by atoms with Crippen molar-refractivity contribution in [1.29, 1.82) is 0 Å². The summed E-state index contributed by atoms with van der Waals surface area (Å²) in [5.41, 5.74) is 0. The summed E-state index contributed by atoms with van der Waals surface area (Å²) in [6, 6.07) is -0.725. The molecule has 0 aromatic carbocycles. The van der Waals surface area contributed by atoms with Gasteiger partial charge in [-0.2, -0.15) is 0 Å². The molecule has 6 nitrogen and oxygen atoms in total. The lowest BCUT2D eigenvalue weighted by atomic mass is 10.0. The molecule has 0 bridgehead atoms. The lowest BCUT2D eigenvalue weighted by molar-refractivity contribution is -0.151. The van der Waals surface area contributed by atoms with Crippen molar-refractivity contribution in [3.05, 3.63) is 72.9 Å². The molecule has 0 radical (unpaired) electrons. The summed E-state index contributed by atoms with van der Waals surface area (Å²) in [5.74, 6) is -0.597. The zero-order valence-corrected chi connectivity index (χ0v) is 36.5. The molecule has 3 N–H and O–H groups in total. The average molecular weight is 782 g/mol. The van der Waals surface area contributed by atoms with E-state index < -0.39 is 18.2 Å². The number of esters is 1. The Hall–Kier alpha value is -2.70. The Bertz CT molecular complexity index is 1060. The Morgan fingerprint density at radius 1 is 0.536 bits per heavy atom. The molecular weight excluding hydrogens is 695 g/mol. The Balaban J connectivity index is 4.75. The third-order valence-electron chi connectivity index (χ3n) is 10.1. The predicted molar refractivity (Wildman–Crippen MR) is 241 cm³/mol. The molecule has 0 fully saturated rings. The van der Waals surface area contributed by atoms with Crippen molar-refractivity contribution in [2.24, 2.45) is 0 Å². The van der Waals surface area contributed by atoms with Crippen LogP contribution in [0, 0.1) is 0 Å². The van der Waals surface area contributed by atoms with Crippen molar-refractivity contribution in [2.45, 2.75) is 225 Å². The number of hydrogen-bond acceptors (Lipinski definition) is 5. The van der Waals surface area contributed by atoms with E-state index in [-0.39, 0.29) is 31.3 Å². The van der Waals surface area contributed by atoms with Gasteiger partial charge in [-0.05, 0) is 57.8 Å². The van der Waals surface area contributed by atoms with E-state index in [1.54, 1.807) is 0 Å². The SMILES string of the molecule is CC/C=C/C=C/C=C\C=C/C=C/CCCC(=O)OC(CCC/C=C\CCCCCCCCC)CC(=O)NC(CO)C(O)CCCCCCCCCCCCCC. The van der Waals surface area contributed by atoms with E-state index in [4.69, 9.17) is 4.74 Å². The summed E-state index contributed by atoms with van der Waals surface area (Å²) >= 11 is 0. The summed E-state index contributed by atoms with van der Waals surface area (Å²) in [4.78, 5) is 26.0. The van der Waals surface area contributed by atoms with Gasteiger partial charge in [0.05, 0.1) is 25.2 Å². The van der Waals surface area contributed by atoms with Crippen LogP contribution in [0.5, 0.6) is 0 Å². The molecule has 0 aromatic rings. The summed E-state index contributed by atoms with van der Waals surface area (Å²) in [6.45, 7) is 6.29. The standard InChI is InChI=1S/C50H87NO5/c1-4-7-10-13-16-19-22-25-28-31-34-37-40-43-50(55)56-46(41-38-35-32-29-26-23-20-17-14-11-8-5-2)44-49(54)51-47(45-52)48(53)42-39-36-33-30-27-24-21-18-15-12-9-6-3/h7,10,13,16,19,22,25,28-29,31-32,34,46-48,52-53H,4-6,8-9,11-12,14-15,17-18,20-21,23-24,26-27,30,33,35-45H2,1-3H3,(H,51,54)/b10-7+,16-13+,22-19-,28-25-,32-29-,34-31+.